The average molecular weight is 1540 g/mol. The Morgan fingerprint density at radius 3 is 0.870 bits per heavy atom. The van der Waals surface area contributed by atoms with Crippen molar-refractivity contribution >= 4 is 29.5 Å². The van der Waals surface area contributed by atoms with Crippen LogP contribution in [0.2, 0.25) is 0 Å². The summed E-state index contributed by atoms with van der Waals surface area (Å²) in [6, 6.07) is 21.6. The largest absolute Gasteiger partial charge is 0.393 e. The lowest BCUT2D eigenvalue weighted by Crippen LogP contribution is -2.36. The zero-order valence-corrected chi connectivity index (χ0v) is 69.2. The molecule has 6 N–H and O–H groups in total. The molecule has 0 radical (unpaired) electrons. The first-order chi connectivity index (χ1) is 51.0. The van der Waals surface area contributed by atoms with Gasteiger partial charge < -0.3 is 30.6 Å². The summed E-state index contributed by atoms with van der Waals surface area (Å²) in [4.78, 5) is 1.31. The Balaban J connectivity index is 0.000000173. The van der Waals surface area contributed by atoms with Crippen LogP contribution < -0.4 is 0 Å². The molecule has 0 saturated heterocycles. The van der Waals surface area contributed by atoms with E-state index in [4.69, 9.17) is 0 Å². The molecule has 9 aliphatic carbocycles. The van der Waals surface area contributed by atoms with Gasteiger partial charge in [0.1, 0.15) is 0 Å². The van der Waals surface area contributed by atoms with Crippen molar-refractivity contribution in [2.24, 2.45) is 69.5 Å². The van der Waals surface area contributed by atoms with Crippen molar-refractivity contribution in [3.05, 3.63) is 196 Å². The van der Waals surface area contributed by atoms with Crippen molar-refractivity contribution in [3.8, 4) is 0 Å². The van der Waals surface area contributed by atoms with Crippen LogP contribution in [0.1, 0.15) is 232 Å². The summed E-state index contributed by atoms with van der Waals surface area (Å²) in [6.45, 7) is 32.4. The number of aliphatic hydroxyl groups excluding tert-OH is 6. The first-order valence-corrected chi connectivity index (χ1v) is 46.2. The summed E-state index contributed by atoms with van der Waals surface area (Å²) >= 11 is 0. The fraction of sp³-hybridized carbons (Fsp3) is 0.613. The normalized spacial score (nSPS) is 34.2. The number of fused-ring (bicyclic) bond motifs is 3. The Hall–Kier alpha value is -5.07. The Labute approximate surface area is 650 Å². The van der Waals surface area contributed by atoms with Crippen LogP contribution in [0, 0.1) is 90.3 Å². The molecule has 12 rings (SSSR count). The molecule has 0 aliphatic heterocycles. The number of sulfone groups is 3. The van der Waals surface area contributed by atoms with Crippen LogP contribution in [0.5, 0.6) is 0 Å². The van der Waals surface area contributed by atoms with Gasteiger partial charge in [0.25, 0.3) is 0 Å². The van der Waals surface area contributed by atoms with E-state index >= 15 is 0 Å². The molecule has 3 aromatic rings. The van der Waals surface area contributed by atoms with Crippen molar-refractivity contribution in [2.45, 2.75) is 287 Å². The quantitative estimate of drug-likeness (QED) is 0.0586. The van der Waals surface area contributed by atoms with Gasteiger partial charge in [-0.1, -0.05) is 168 Å². The Kier molecular flexibility index (Phi) is 28.8. The van der Waals surface area contributed by atoms with Crippen LogP contribution in [0.15, 0.2) is 194 Å². The number of benzene rings is 3. The molecule has 0 spiro atoms. The van der Waals surface area contributed by atoms with Crippen LogP contribution in [-0.2, 0) is 29.5 Å². The molecule has 0 aromatic heterocycles. The summed E-state index contributed by atoms with van der Waals surface area (Å²) < 4.78 is 76.8. The maximum absolute atomic E-state index is 12.8. The molecular weight excluding hydrogens is 1410 g/mol. The predicted octanol–water partition coefficient (Wildman–Crippen LogP) is 19.0. The van der Waals surface area contributed by atoms with Crippen LogP contribution >= 0.6 is 0 Å². The molecule has 15 heteroatoms. The molecule has 0 heterocycles. The number of aryl methyl sites for hydroxylation is 3. The summed E-state index contributed by atoms with van der Waals surface area (Å²) in [7, 11) is -9.70. The minimum Gasteiger partial charge on any atom is -0.393 e. The van der Waals surface area contributed by atoms with Crippen LogP contribution in [0.25, 0.3) is 0 Å². The van der Waals surface area contributed by atoms with E-state index in [1.807, 2.05) is 57.2 Å². The summed E-state index contributed by atoms with van der Waals surface area (Å²) in [6.07, 6.45) is 35.1. The van der Waals surface area contributed by atoms with E-state index in [1.54, 1.807) is 36.4 Å². The van der Waals surface area contributed by atoms with Gasteiger partial charge in [-0.3, -0.25) is 0 Å². The maximum Gasteiger partial charge on any atom is 0.178 e. The summed E-state index contributed by atoms with van der Waals surface area (Å²) in [5.41, 5.74) is 13.6. The average Bonchev–Trinajstić information content (AvgIpc) is 1.60. The van der Waals surface area contributed by atoms with Crippen molar-refractivity contribution < 1.29 is 55.9 Å². The van der Waals surface area contributed by atoms with Gasteiger partial charge in [-0.25, -0.2) is 25.3 Å². The smallest absolute Gasteiger partial charge is 0.178 e. The molecule has 9 fully saturated rings. The predicted molar refractivity (Wildman–Crippen MR) is 439 cm³/mol. The first-order valence-electron chi connectivity index (χ1n) is 41.3. The maximum atomic E-state index is 12.8. The highest BCUT2D eigenvalue weighted by atomic mass is 32.2. The number of rotatable bonds is 21. The molecule has 9 saturated carbocycles. The zero-order chi connectivity index (χ0) is 78.3. The van der Waals surface area contributed by atoms with Crippen molar-refractivity contribution in [1.29, 1.82) is 0 Å². The van der Waals surface area contributed by atoms with E-state index in [2.05, 4.69) is 97.7 Å². The lowest BCUT2D eigenvalue weighted by atomic mass is 9.60. The van der Waals surface area contributed by atoms with Crippen molar-refractivity contribution in [2.75, 3.05) is 17.3 Å². The molecule has 18 atom stereocenters. The first kappa shape index (κ1) is 85.4. The standard InChI is InChI=1S/3C31H44O4S/c3*1-21-9-13-27(14-10-21)36(34,35)18-6-7-22(2)28-15-16-29-24(8-5-17-31(28,29)4)11-12-25-19-26(32)20-30(33)23(25)3/h3*9-14,22,26,28-30,32-33H,3,5-8,15-20H2,1-2,4H3/b3*24-11+,25-12-/t2*22-,26+,28-,29+,30-,31-;22-,26-,28-,29+,30+,31-/m111/s1. The van der Waals surface area contributed by atoms with Gasteiger partial charge in [-0.2, -0.15) is 0 Å². The Morgan fingerprint density at radius 2 is 0.630 bits per heavy atom. The summed E-state index contributed by atoms with van der Waals surface area (Å²) in [5, 5.41) is 60.8. The van der Waals surface area contributed by atoms with Gasteiger partial charge in [0.05, 0.1) is 68.6 Å². The second-order valence-electron chi connectivity index (χ2n) is 35.7. The summed E-state index contributed by atoms with van der Waals surface area (Å²) in [5.74, 6) is 5.61. The van der Waals surface area contributed by atoms with Crippen LogP contribution in [0.4, 0.5) is 0 Å². The number of hydrogen-bond acceptors (Lipinski definition) is 12. The third-order valence-electron chi connectivity index (χ3n) is 28.3. The van der Waals surface area contributed by atoms with Gasteiger partial charge in [-0.05, 0) is 314 Å². The van der Waals surface area contributed by atoms with Gasteiger partial charge in [0, 0.05) is 19.3 Å². The van der Waals surface area contributed by atoms with Gasteiger partial charge in [-0.15, -0.1) is 0 Å². The molecule has 108 heavy (non-hydrogen) atoms. The Morgan fingerprint density at radius 1 is 0.389 bits per heavy atom. The molecular formula is C93H132O12S3. The monoisotopic (exact) mass is 1540 g/mol. The molecule has 9 aliphatic rings. The Bertz CT molecular complexity index is 3770. The lowest BCUT2D eigenvalue weighted by molar-refractivity contribution is 0.0855. The molecule has 594 valence electrons. The SMILES string of the molecule is C=C1/C(=C\C=C2/CCC[C@]3(C)[C@@H]([C@H](C)CCCS(=O)(=O)c4ccc(C)cc4)CC[C@@H]23)C[C@@H](O)C[C@@H]1O.C=C1/C(=C\C=C2/CCC[C@]3(C)[C@@H]([C@H](C)CCCS(=O)(=O)c4ccc(C)cc4)CC[C@@H]23)C[C@H](O)C[C@H]1O.C=C1/C(=C\C=C2/CCC[C@]3(C)[C@@H]([C@H](C)CCCS(=O)(=O)c4ccc(C)cc4)CC[C@@H]23)C[C@H](O)C[C@H]1O. The minimum atomic E-state index is -3.23. The highest BCUT2D eigenvalue weighted by molar-refractivity contribution is 7.92. The third-order valence-corrected chi connectivity index (χ3v) is 33.8. The van der Waals surface area contributed by atoms with E-state index in [0.29, 0.717) is 126 Å². The van der Waals surface area contributed by atoms with Gasteiger partial charge in [0.15, 0.2) is 29.5 Å². The lowest BCUT2D eigenvalue weighted by Gasteiger charge is -2.44. The minimum absolute atomic E-state index is 0.216. The van der Waals surface area contributed by atoms with Crippen LogP contribution in [0.3, 0.4) is 0 Å². The van der Waals surface area contributed by atoms with E-state index < -0.39 is 66.1 Å². The molecule has 0 amide bonds. The molecule has 12 nitrogen and oxygen atoms in total. The van der Waals surface area contributed by atoms with Crippen molar-refractivity contribution in [3.63, 3.8) is 0 Å². The fourth-order valence-electron chi connectivity index (χ4n) is 22.0. The molecule has 0 unspecified atom stereocenters. The second-order valence-corrected chi connectivity index (χ2v) is 42.1. The topological polar surface area (TPSA) is 224 Å². The van der Waals surface area contributed by atoms with E-state index in [9.17, 15) is 55.9 Å². The van der Waals surface area contributed by atoms with E-state index in [0.717, 1.165) is 88.7 Å². The highest BCUT2D eigenvalue weighted by Gasteiger charge is 2.53. The molecule has 3 aromatic carbocycles. The zero-order valence-electron chi connectivity index (χ0n) is 66.7. The van der Waals surface area contributed by atoms with Gasteiger partial charge >= 0.3 is 0 Å². The van der Waals surface area contributed by atoms with Crippen LogP contribution in [-0.4, -0.2) is 110 Å². The third kappa shape index (κ3) is 20.3. The van der Waals surface area contributed by atoms with E-state index in [1.165, 1.54) is 93.8 Å². The van der Waals surface area contributed by atoms with E-state index in [-0.39, 0.29) is 33.5 Å². The fourth-order valence-corrected chi connectivity index (χ4v) is 26.0. The number of allylic oxidation sites excluding steroid dienone is 9. The van der Waals surface area contributed by atoms with Gasteiger partial charge in [0.2, 0.25) is 0 Å². The number of aliphatic hydroxyl groups is 6. The molecule has 0 bridgehead atoms. The highest BCUT2D eigenvalue weighted by Crippen LogP contribution is 2.63. The van der Waals surface area contributed by atoms with Crippen molar-refractivity contribution in [1.82, 2.24) is 0 Å². The second kappa shape index (κ2) is 36.4. The number of hydrogen-bond donors (Lipinski definition) is 6.